The Bertz CT molecular complexity index is 341. The number of halogens is 3. The number of hydrogen-bond donors (Lipinski definition) is 1. The van der Waals surface area contributed by atoms with Crippen molar-refractivity contribution >= 4 is 0 Å². The van der Waals surface area contributed by atoms with Crippen LogP contribution in [0, 0.1) is 0 Å². The van der Waals surface area contributed by atoms with Gasteiger partial charge in [0, 0.05) is 0 Å². The minimum absolute atomic E-state index is 0.107. The highest BCUT2D eigenvalue weighted by Gasteiger charge is 2.30. The van der Waals surface area contributed by atoms with Crippen molar-refractivity contribution in [1.82, 2.24) is 0 Å². The predicted octanol–water partition coefficient (Wildman–Crippen LogP) is 2.36. The average Bonchev–Trinajstić information content (AvgIpc) is 2.17. The van der Waals surface area contributed by atoms with Crippen LogP contribution in [0.3, 0.4) is 0 Å². The number of nitrogens with two attached hydrogens (primary N) is 1. The topological polar surface area (TPSA) is 44.5 Å². The molecule has 0 radical (unpaired) electrons. The largest absolute Gasteiger partial charge is 0.488 e. The normalized spacial score (nSPS) is 13.6. The molecular formula is C10H12F3NO2. The van der Waals surface area contributed by atoms with E-state index in [9.17, 15) is 13.2 Å². The van der Waals surface area contributed by atoms with Crippen LogP contribution in [-0.4, -0.2) is 12.7 Å². The molecule has 3 nitrogen and oxygen atoms in total. The third-order valence-electron chi connectivity index (χ3n) is 1.83. The Morgan fingerprint density at radius 1 is 1.38 bits per heavy atom. The fourth-order valence-electron chi connectivity index (χ4n) is 1.15. The molecular weight excluding hydrogens is 223 g/mol. The third-order valence-corrected chi connectivity index (χ3v) is 1.83. The first-order valence-corrected chi connectivity index (χ1v) is 4.59. The fourth-order valence-corrected chi connectivity index (χ4v) is 1.15. The van der Waals surface area contributed by atoms with Crippen LogP contribution in [-0.2, 0) is 11.0 Å². The van der Waals surface area contributed by atoms with Crippen molar-refractivity contribution in [3.05, 3.63) is 29.8 Å². The second kappa shape index (κ2) is 5.18. The Hall–Kier alpha value is -1.27. The van der Waals surface area contributed by atoms with Gasteiger partial charge in [-0.15, -0.1) is 0 Å². The zero-order valence-corrected chi connectivity index (χ0v) is 8.62. The summed E-state index contributed by atoms with van der Waals surface area (Å²) in [6.07, 6.45) is -4.78. The molecule has 0 heterocycles. The van der Waals surface area contributed by atoms with E-state index in [1.165, 1.54) is 12.1 Å². The van der Waals surface area contributed by atoms with Gasteiger partial charge in [0.05, 0.1) is 5.56 Å². The van der Waals surface area contributed by atoms with Crippen molar-refractivity contribution < 1.29 is 22.7 Å². The lowest BCUT2D eigenvalue weighted by Gasteiger charge is -2.14. The molecule has 6 heteroatoms. The van der Waals surface area contributed by atoms with Crippen molar-refractivity contribution in [1.29, 1.82) is 0 Å². The summed E-state index contributed by atoms with van der Waals surface area (Å²) in [5, 5.41) is 0. The van der Waals surface area contributed by atoms with E-state index in [0.717, 1.165) is 12.1 Å². The summed E-state index contributed by atoms with van der Waals surface area (Å²) in [6.45, 7) is 1.75. The van der Waals surface area contributed by atoms with Crippen molar-refractivity contribution in [2.45, 2.75) is 19.2 Å². The minimum Gasteiger partial charge on any atom is -0.488 e. The van der Waals surface area contributed by atoms with Gasteiger partial charge in [-0.1, -0.05) is 6.07 Å². The van der Waals surface area contributed by atoms with Crippen LogP contribution in [0.2, 0.25) is 0 Å². The summed E-state index contributed by atoms with van der Waals surface area (Å²) in [4.78, 5) is 4.33. The molecule has 1 rings (SSSR count). The van der Waals surface area contributed by atoms with E-state index in [0.29, 0.717) is 0 Å². The second-order valence-corrected chi connectivity index (χ2v) is 3.29. The van der Waals surface area contributed by atoms with Crippen molar-refractivity contribution in [2.75, 3.05) is 6.61 Å². The second-order valence-electron chi connectivity index (χ2n) is 3.29. The molecule has 0 fully saturated rings. The lowest BCUT2D eigenvalue weighted by atomic mass is 10.2. The molecule has 2 N–H and O–H groups in total. The van der Waals surface area contributed by atoms with Crippen molar-refractivity contribution in [3.8, 4) is 5.75 Å². The molecule has 0 saturated heterocycles. The molecule has 0 saturated carbocycles. The van der Waals surface area contributed by atoms with E-state index in [1.54, 1.807) is 6.92 Å². The van der Waals surface area contributed by atoms with E-state index in [1.807, 2.05) is 0 Å². The van der Waals surface area contributed by atoms with Gasteiger partial charge in [-0.25, -0.2) is 5.90 Å². The summed E-state index contributed by atoms with van der Waals surface area (Å²) in [7, 11) is 0. The fraction of sp³-hybridized carbons (Fsp3) is 0.400. The molecule has 90 valence electrons. The Morgan fingerprint density at radius 2 is 2.06 bits per heavy atom. The quantitative estimate of drug-likeness (QED) is 0.815. The van der Waals surface area contributed by atoms with Crippen LogP contribution in [0.4, 0.5) is 13.2 Å². The highest BCUT2D eigenvalue weighted by Crippen LogP contribution is 2.31. The number of rotatable bonds is 4. The smallest absolute Gasteiger partial charge is 0.416 e. The van der Waals surface area contributed by atoms with Gasteiger partial charge in [-0.3, -0.25) is 0 Å². The maximum Gasteiger partial charge on any atom is 0.416 e. The van der Waals surface area contributed by atoms with Gasteiger partial charge in [0.2, 0.25) is 0 Å². The van der Waals surface area contributed by atoms with Gasteiger partial charge in [0.25, 0.3) is 0 Å². The highest BCUT2D eigenvalue weighted by molar-refractivity contribution is 5.30. The number of benzene rings is 1. The number of ether oxygens (including phenoxy) is 1. The van der Waals surface area contributed by atoms with Gasteiger partial charge in [0.15, 0.2) is 0 Å². The lowest BCUT2D eigenvalue weighted by molar-refractivity contribution is -0.137. The average molecular weight is 235 g/mol. The molecule has 1 atom stereocenters. The van der Waals surface area contributed by atoms with Crippen LogP contribution in [0.15, 0.2) is 24.3 Å². The third kappa shape index (κ3) is 3.71. The van der Waals surface area contributed by atoms with E-state index in [-0.39, 0.29) is 12.4 Å². The summed E-state index contributed by atoms with van der Waals surface area (Å²) in [5.41, 5.74) is -0.745. The van der Waals surface area contributed by atoms with Gasteiger partial charge in [-0.2, -0.15) is 13.2 Å². The summed E-state index contributed by atoms with van der Waals surface area (Å²) < 4.78 is 42.2. The van der Waals surface area contributed by atoms with E-state index in [2.05, 4.69) is 4.84 Å². The number of alkyl halides is 3. The molecule has 16 heavy (non-hydrogen) atoms. The van der Waals surface area contributed by atoms with Gasteiger partial charge in [0.1, 0.15) is 18.5 Å². The van der Waals surface area contributed by atoms with Gasteiger partial charge >= 0.3 is 6.18 Å². The zero-order chi connectivity index (χ0) is 12.2. The molecule has 0 aliphatic rings. The standard InChI is InChI=1S/C10H12F3NO2/c1-7(6-15-14)16-9-4-2-3-8(5-9)10(11,12)13/h2-5,7H,6,14H2,1H3. The van der Waals surface area contributed by atoms with E-state index >= 15 is 0 Å². The Balaban J connectivity index is 2.75. The summed E-state index contributed by atoms with van der Waals surface area (Å²) in [5.74, 6) is 4.96. The molecule has 1 unspecified atom stereocenters. The molecule has 1 aromatic rings. The Morgan fingerprint density at radius 3 is 2.62 bits per heavy atom. The summed E-state index contributed by atoms with van der Waals surface area (Å²) in [6, 6.07) is 4.65. The SMILES string of the molecule is CC(CON)Oc1cccc(C(F)(F)F)c1. The first-order valence-electron chi connectivity index (χ1n) is 4.59. The van der Waals surface area contributed by atoms with Crippen molar-refractivity contribution in [3.63, 3.8) is 0 Å². The molecule has 0 amide bonds. The van der Waals surface area contributed by atoms with Crippen LogP contribution in [0.5, 0.6) is 5.75 Å². The van der Waals surface area contributed by atoms with Crippen LogP contribution >= 0.6 is 0 Å². The molecule has 0 aliphatic heterocycles. The maximum absolute atomic E-state index is 12.4. The van der Waals surface area contributed by atoms with Gasteiger partial charge in [-0.05, 0) is 25.1 Å². The molecule has 1 aromatic carbocycles. The summed E-state index contributed by atoms with van der Waals surface area (Å²) >= 11 is 0. The number of hydrogen-bond acceptors (Lipinski definition) is 3. The zero-order valence-electron chi connectivity index (χ0n) is 8.62. The molecule has 0 spiro atoms. The maximum atomic E-state index is 12.4. The minimum atomic E-state index is -4.37. The molecule has 0 aromatic heterocycles. The monoisotopic (exact) mass is 235 g/mol. The van der Waals surface area contributed by atoms with Crippen molar-refractivity contribution in [2.24, 2.45) is 5.90 Å². The molecule has 0 aliphatic carbocycles. The Kier molecular flexibility index (Phi) is 4.14. The first kappa shape index (κ1) is 12.8. The Labute approximate surface area is 90.9 Å². The molecule has 0 bridgehead atoms. The van der Waals surface area contributed by atoms with Gasteiger partial charge < -0.3 is 9.57 Å². The lowest BCUT2D eigenvalue weighted by Crippen LogP contribution is -2.21. The van der Waals surface area contributed by atoms with Crippen LogP contribution in [0.1, 0.15) is 12.5 Å². The van der Waals surface area contributed by atoms with E-state index < -0.39 is 17.8 Å². The van der Waals surface area contributed by atoms with E-state index in [4.69, 9.17) is 10.6 Å². The van der Waals surface area contributed by atoms with Crippen LogP contribution < -0.4 is 10.6 Å². The highest BCUT2D eigenvalue weighted by atomic mass is 19.4. The first-order chi connectivity index (χ1) is 7.43. The van der Waals surface area contributed by atoms with Crippen LogP contribution in [0.25, 0.3) is 0 Å². The predicted molar refractivity (Wildman–Crippen MR) is 51.7 cm³/mol.